The monoisotopic (exact) mass is 278 g/mol. The van der Waals surface area contributed by atoms with Crippen LogP contribution in [0.15, 0.2) is 54.6 Å². The van der Waals surface area contributed by atoms with Crippen LogP contribution in [0.25, 0.3) is 0 Å². The first-order valence-corrected chi connectivity index (χ1v) is 6.97. The molecular weight excluding hydrogens is 263 g/mol. The van der Waals surface area contributed by atoms with Crippen LogP contribution in [0.1, 0.15) is 30.4 Å². The summed E-state index contributed by atoms with van der Waals surface area (Å²) in [5, 5.41) is 0. The fourth-order valence-corrected chi connectivity index (χ4v) is 2.71. The number of halogens is 1. The molecule has 2 aromatic rings. The minimum atomic E-state index is -0.649. The molecule has 0 heterocycles. The normalized spacial score (nSPS) is 23.0. The average molecular weight is 278 g/mol. The lowest BCUT2D eigenvalue weighted by molar-refractivity contribution is -0.120. The first-order valence-electron chi connectivity index (χ1n) is 6.97. The number of hydrogen-bond donors (Lipinski definition) is 0. The van der Waals surface area contributed by atoms with Gasteiger partial charge in [0.15, 0.2) is 0 Å². The summed E-state index contributed by atoms with van der Waals surface area (Å²) >= 11 is 0. The largest absolute Gasteiger partial charge is 0.298 e. The van der Waals surface area contributed by atoms with Gasteiger partial charge in [0.2, 0.25) is 0 Å². The van der Waals surface area contributed by atoms with E-state index in [2.05, 4.69) is 11.8 Å². The van der Waals surface area contributed by atoms with E-state index in [1.165, 1.54) is 6.07 Å². The molecule has 1 aliphatic rings. The quantitative estimate of drug-likeness (QED) is 0.760. The Balaban J connectivity index is 1.93. The molecule has 0 unspecified atom stereocenters. The van der Waals surface area contributed by atoms with Crippen molar-refractivity contribution >= 4 is 5.78 Å². The average Bonchev–Trinajstić information content (AvgIpc) is 3.24. The van der Waals surface area contributed by atoms with Crippen LogP contribution < -0.4 is 0 Å². The van der Waals surface area contributed by atoms with Gasteiger partial charge in [0.1, 0.15) is 11.6 Å². The van der Waals surface area contributed by atoms with Gasteiger partial charge < -0.3 is 0 Å². The Labute approximate surface area is 123 Å². The molecule has 0 N–H and O–H groups in total. The molecule has 104 valence electrons. The van der Waals surface area contributed by atoms with Crippen LogP contribution in [0.2, 0.25) is 0 Å². The van der Waals surface area contributed by atoms with Crippen LogP contribution in [0.3, 0.4) is 0 Å². The van der Waals surface area contributed by atoms with Crippen LogP contribution in [-0.2, 0) is 4.79 Å². The SMILES string of the molecule is CC(=O)[C@@]1(C#Cc2ccccc2F)C[C@@H]1c1ccccc1. The van der Waals surface area contributed by atoms with Crippen LogP contribution >= 0.6 is 0 Å². The Bertz CT molecular complexity index is 739. The summed E-state index contributed by atoms with van der Waals surface area (Å²) in [7, 11) is 0. The molecule has 0 amide bonds. The van der Waals surface area contributed by atoms with E-state index in [-0.39, 0.29) is 17.5 Å². The molecule has 1 fully saturated rings. The summed E-state index contributed by atoms with van der Waals surface area (Å²) in [5.74, 6) is 5.72. The summed E-state index contributed by atoms with van der Waals surface area (Å²) < 4.78 is 13.6. The number of Topliss-reactive ketones (excluding diaryl/α,β-unsaturated/α-hetero) is 1. The third-order valence-corrected chi connectivity index (χ3v) is 4.09. The van der Waals surface area contributed by atoms with E-state index in [1.807, 2.05) is 30.3 Å². The van der Waals surface area contributed by atoms with Crippen LogP contribution in [0, 0.1) is 23.1 Å². The Hall–Kier alpha value is -2.40. The van der Waals surface area contributed by atoms with Gasteiger partial charge in [-0.25, -0.2) is 4.39 Å². The van der Waals surface area contributed by atoms with Crippen molar-refractivity contribution < 1.29 is 9.18 Å². The molecule has 1 nitrogen and oxygen atoms in total. The lowest BCUT2D eigenvalue weighted by Crippen LogP contribution is -2.12. The highest BCUT2D eigenvalue weighted by Crippen LogP contribution is 2.59. The van der Waals surface area contributed by atoms with E-state index in [0.717, 1.165) is 5.56 Å². The number of hydrogen-bond acceptors (Lipinski definition) is 1. The maximum Gasteiger partial charge on any atom is 0.148 e. The predicted molar refractivity (Wildman–Crippen MR) is 80.2 cm³/mol. The van der Waals surface area contributed by atoms with Gasteiger partial charge in [-0.1, -0.05) is 54.3 Å². The number of benzene rings is 2. The van der Waals surface area contributed by atoms with E-state index in [4.69, 9.17) is 0 Å². The minimum absolute atomic E-state index is 0.0557. The van der Waals surface area contributed by atoms with E-state index in [1.54, 1.807) is 25.1 Å². The summed E-state index contributed by atoms with van der Waals surface area (Å²) in [6, 6.07) is 16.3. The van der Waals surface area contributed by atoms with E-state index >= 15 is 0 Å². The molecule has 1 aliphatic carbocycles. The molecule has 0 saturated heterocycles. The minimum Gasteiger partial charge on any atom is -0.298 e. The predicted octanol–water partition coefficient (Wildman–Crippen LogP) is 3.94. The van der Waals surface area contributed by atoms with Gasteiger partial charge in [0.05, 0.1) is 11.0 Å². The number of carbonyl (C=O) groups excluding carboxylic acids is 1. The molecule has 0 aliphatic heterocycles. The fraction of sp³-hybridized carbons (Fsp3) is 0.211. The molecule has 3 rings (SSSR count). The van der Waals surface area contributed by atoms with Gasteiger partial charge in [0, 0.05) is 5.92 Å². The van der Waals surface area contributed by atoms with E-state index in [0.29, 0.717) is 12.0 Å². The second kappa shape index (κ2) is 5.18. The highest BCUT2D eigenvalue weighted by atomic mass is 19.1. The Morgan fingerprint density at radius 1 is 1.14 bits per heavy atom. The van der Waals surface area contributed by atoms with Gasteiger partial charge in [-0.2, -0.15) is 0 Å². The van der Waals surface area contributed by atoms with Crippen LogP contribution in [-0.4, -0.2) is 5.78 Å². The smallest absolute Gasteiger partial charge is 0.148 e. The number of ketones is 1. The van der Waals surface area contributed by atoms with Crippen LogP contribution in [0.4, 0.5) is 4.39 Å². The maximum atomic E-state index is 13.6. The summed E-state index contributed by atoms with van der Waals surface area (Å²) in [5.41, 5.74) is 0.816. The highest BCUT2D eigenvalue weighted by Gasteiger charge is 2.57. The first-order chi connectivity index (χ1) is 10.1. The summed E-state index contributed by atoms with van der Waals surface area (Å²) in [4.78, 5) is 12.0. The second-order valence-electron chi connectivity index (χ2n) is 5.42. The van der Waals surface area contributed by atoms with Crippen molar-refractivity contribution in [3.8, 4) is 11.8 Å². The summed E-state index contributed by atoms with van der Waals surface area (Å²) in [6.45, 7) is 1.57. The zero-order valence-corrected chi connectivity index (χ0v) is 11.8. The van der Waals surface area contributed by atoms with Gasteiger partial charge in [0.25, 0.3) is 0 Å². The number of rotatable bonds is 2. The molecule has 2 heteroatoms. The zero-order valence-electron chi connectivity index (χ0n) is 11.8. The van der Waals surface area contributed by atoms with Crippen LogP contribution in [0.5, 0.6) is 0 Å². The first kappa shape index (κ1) is 13.6. The Morgan fingerprint density at radius 2 is 1.81 bits per heavy atom. The molecule has 0 spiro atoms. The van der Waals surface area contributed by atoms with Crippen molar-refractivity contribution in [3.05, 3.63) is 71.5 Å². The molecule has 0 radical (unpaired) electrons. The molecule has 21 heavy (non-hydrogen) atoms. The third-order valence-electron chi connectivity index (χ3n) is 4.09. The van der Waals surface area contributed by atoms with Crippen molar-refractivity contribution in [1.29, 1.82) is 0 Å². The van der Waals surface area contributed by atoms with Crippen molar-refractivity contribution in [1.82, 2.24) is 0 Å². The van der Waals surface area contributed by atoms with Crippen molar-refractivity contribution in [2.24, 2.45) is 5.41 Å². The van der Waals surface area contributed by atoms with Crippen molar-refractivity contribution in [2.45, 2.75) is 19.3 Å². The molecule has 1 saturated carbocycles. The molecule has 0 bridgehead atoms. The van der Waals surface area contributed by atoms with Gasteiger partial charge in [-0.15, -0.1) is 0 Å². The lowest BCUT2D eigenvalue weighted by Gasteiger charge is -2.06. The van der Waals surface area contributed by atoms with Gasteiger partial charge >= 0.3 is 0 Å². The summed E-state index contributed by atoms with van der Waals surface area (Å²) in [6.07, 6.45) is 0.716. The van der Waals surface area contributed by atoms with Gasteiger partial charge in [-0.05, 0) is 31.0 Å². The van der Waals surface area contributed by atoms with E-state index < -0.39 is 5.41 Å². The molecule has 2 atom stereocenters. The lowest BCUT2D eigenvalue weighted by atomic mass is 9.95. The molecule has 0 aromatic heterocycles. The molecular formula is C19H15FO. The fourth-order valence-electron chi connectivity index (χ4n) is 2.71. The van der Waals surface area contributed by atoms with Crippen molar-refractivity contribution in [3.63, 3.8) is 0 Å². The second-order valence-corrected chi connectivity index (χ2v) is 5.42. The van der Waals surface area contributed by atoms with Gasteiger partial charge in [-0.3, -0.25) is 4.79 Å². The number of carbonyl (C=O) groups is 1. The third kappa shape index (κ3) is 2.48. The van der Waals surface area contributed by atoms with Crippen molar-refractivity contribution in [2.75, 3.05) is 0 Å². The Kier molecular flexibility index (Phi) is 3.35. The Morgan fingerprint density at radius 3 is 2.48 bits per heavy atom. The topological polar surface area (TPSA) is 17.1 Å². The standard InChI is InChI=1S/C19H15FO/c1-14(21)19(12-11-16-9-5-6-10-18(16)20)13-17(19)15-7-3-2-4-8-15/h2-10,17H,13H2,1H3/t17-,19-/m1/s1. The van der Waals surface area contributed by atoms with E-state index in [9.17, 15) is 9.18 Å². The maximum absolute atomic E-state index is 13.6. The highest BCUT2D eigenvalue weighted by molar-refractivity contribution is 5.91. The molecule has 2 aromatic carbocycles. The zero-order chi connectivity index (χ0) is 14.9.